The van der Waals surface area contributed by atoms with Gasteiger partial charge in [0.15, 0.2) is 0 Å². The molecule has 1 amide bonds. The highest BCUT2D eigenvalue weighted by molar-refractivity contribution is 7.89. The molecule has 1 heterocycles. The van der Waals surface area contributed by atoms with Gasteiger partial charge in [-0.1, -0.05) is 11.6 Å². The molecule has 1 aromatic carbocycles. The van der Waals surface area contributed by atoms with Gasteiger partial charge in [0.1, 0.15) is 0 Å². The second-order valence-corrected chi connectivity index (χ2v) is 8.45. The number of nitrogens with zero attached hydrogens (tertiary/aromatic N) is 2. The third kappa shape index (κ3) is 3.92. The molecule has 0 saturated carbocycles. The number of carbonyl (C=O) groups is 1. The number of sulfonamides is 1. The first-order chi connectivity index (χ1) is 11.3. The molecule has 24 heavy (non-hydrogen) atoms. The molecule has 0 atom stereocenters. The van der Waals surface area contributed by atoms with Crippen molar-refractivity contribution < 1.29 is 13.2 Å². The first-order valence-corrected chi connectivity index (χ1v) is 10.2. The smallest absolute Gasteiger partial charge is 0.243 e. The Morgan fingerprint density at radius 1 is 1.25 bits per heavy atom. The fourth-order valence-electron chi connectivity index (χ4n) is 3.06. The Morgan fingerprint density at radius 3 is 2.33 bits per heavy atom. The van der Waals surface area contributed by atoms with Crippen LogP contribution in [0.1, 0.15) is 32.3 Å². The fraction of sp³-hybridized carbons (Fsp3) is 0.588. The maximum absolute atomic E-state index is 12.8. The van der Waals surface area contributed by atoms with E-state index in [2.05, 4.69) is 0 Å². The van der Waals surface area contributed by atoms with Gasteiger partial charge in [0.2, 0.25) is 15.9 Å². The molecule has 1 aromatic rings. The molecule has 0 bridgehead atoms. The highest BCUT2D eigenvalue weighted by atomic mass is 35.5. The van der Waals surface area contributed by atoms with Crippen LogP contribution >= 0.6 is 11.6 Å². The van der Waals surface area contributed by atoms with E-state index in [9.17, 15) is 13.2 Å². The van der Waals surface area contributed by atoms with Gasteiger partial charge in [-0.05, 0) is 57.4 Å². The monoisotopic (exact) mass is 372 g/mol. The number of benzene rings is 1. The summed E-state index contributed by atoms with van der Waals surface area (Å²) >= 11 is 5.98. The molecule has 1 aliphatic heterocycles. The van der Waals surface area contributed by atoms with Crippen molar-refractivity contribution in [3.05, 3.63) is 28.8 Å². The number of aryl methyl sites for hydroxylation is 1. The Morgan fingerprint density at radius 2 is 1.83 bits per heavy atom. The number of halogens is 1. The first-order valence-electron chi connectivity index (χ1n) is 8.36. The minimum Gasteiger partial charge on any atom is -0.343 e. The van der Waals surface area contributed by atoms with Crippen molar-refractivity contribution >= 4 is 27.5 Å². The predicted octanol–water partition coefficient (Wildman–Crippen LogP) is 2.92. The van der Waals surface area contributed by atoms with Crippen molar-refractivity contribution in [2.45, 2.75) is 38.5 Å². The molecule has 1 aliphatic rings. The van der Waals surface area contributed by atoms with Gasteiger partial charge in [0.05, 0.1) is 4.90 Å². The quantitative estimate of drug-likeness (QED) is 0.798. The molecule has 1 fully saturated rings. The lowest BCUT2D eigenvalue weighted by atomic mass is 9.96. The number of hydrogen-bond donors (Lipinski definition) is 0. The van der Waals surface area contributed by atoms with Crippen molar-refractivity contribution in [3.8, 4) is 0 Å². The van der Waals surface area contributed by atoms with E-state index in [1.54, 1.807) is 19.1 Å². The van der Waals surface area contributed by atoms with Crippen LogP contribution in [0.3, 0.4) is 0 Å². The first kappa shape index (κ1) is 19.2. The van der Waals surface area contributed by atoms with Crippen LogP contribution < -0.4 is 0 Å². The maximum Gasteiger partial charge on any atom is 0.243 e. The topological polar surface area (TPSA) is 57.7 Å². The molecular weight excluding hydrogens is 348 g/mol. The third-order valence-corrected chi connectivity index (χ3v) is 6.96. The number of carbonyl (C=O) groups excluding carboxylic acids is 1. The van der Waals surface area contributed by atoms with Gasteiger partial charge in [-0.3, -0.25) is 4.79 Å². The zero-order chi connectivity index (χ0) is 17.9. The molecule has 0 aromatic heterocycles. The van der Waals surface area contributed by atoms with Crippen molar-refractivity contribution in [2.24, 2.45) is 5.92 Å². The van der Waals surface area contributed by atoms with Gasteiger partial charge in [0.25, 0.3) is 0 Å². The molecule has 0 N–H and O–H groups in total. The van der Waals surface area contributed by atoms with Crippen LogP contribution in [0, 0.1) is 12.8 Å². The summed E-state index contributed by atoms with van der Waals surface area (Å²) in [6.45, 7) is 7.85. The standard InChI is InChI=1S/C17H25ClN2O3S/c1-4-19(5-2)17(21)14-8-10-20(11-9-14)24(22,23)15-6-7-16(18)13(3)12-15/h6-7,12,14H,4-5,8-11H2,1-3H3. The van der Waals surface area contributed by atoms with Gasteiger partial charge < -0.3 is 4.90 Å². The summed E-state index contributed by atoms with van der Waals surface area (Å²) < 4.78 is 27.0. The zero-order valence-electron chi connectivity index (χ0n) is 14.5. The predicted molar refractivity (Wildman–Crippen MR) is 95.6 cm³/mol. The molecule has 0 spiro atoms. The van der Waals surface area contributed by atoms with Gasteiger partial charge in [-0.25, -0.2) is 8.42 Å². The number of amides is 1. The summed E-state index contributed by atoms with van der Waals surface area (Å²) in [4.78, 5) is 14.5. The minimum absolute atomic E-state index is 0.0803. The Kier molecular flexibility index (Phi) is 6.28. The van der Waals surface area contributed by atoms with Crippen LogP contribution in [0.4, 0.5) is 0 Å². The second-order valence-electron chi connectivity index (χ2n) is 6.10. The van der Waals surface area contributed by atoms with E-state index in [0.717, 1.165) is 5.56 Å². The van der Waals surface area contributed by atoms with E-state index in [-0.39, 0.29) is 16.7 Å². The highest BCUT2D eigenvalue weighted by Crippen LogP contribution is 2.27. The third-order valence-electron chi connectivity index (χ3n) is 4.65. The van der Waals surface area contributed by atoms with Crippen molar-refractivity contribution in [1.29, 1.82) is 0 Å². The van der Waals surface area contributed by atoms with Crippen LogP contribution in [-0.2, 0) is 14.8 Å². The lowest BCUT2D eigenvalue weighted by Crippen LogP contribution is -2.44. The largest absolute Gasteiger partial charge is 0.343 e. The molecule has 134 valence electrons. The van der Waals surface area contributed by atoms with Gasteiger partial charge >= 0.3 is 0 Å². The molecule has 0 unspecified atom stereocenters. The van der Waals surface area contributed by atoms with E-state index in [0.29, 0.717) is 44.0 Å². The lowest BCUT2D eigenvalue weighted by Gasteiger charge is -2.33. The van der Waals surface area contributed by atoms with Crippen LogP contribution in [0.2, 0.25) is 5.02 Å². The molecule has 0 aliphatic carbocycles. The van der Waals surface area contributed by atoms with E-state index >= 15 is 0 Å². The number of rotatable bonds is 5. The summed E-state index contributed by atoms with van der Waals surface area (Å²) in [6, 6.07) is 4.75. The van der Waals surface area contributed by atoms with Crippen molar-refractivity contribution in [1.82, 2.24) is 9.21 Å². The Balaban J connectivity index is 2.08. The van der Waals surface area contributed by atoms with Crippen LogP contribution in [0.5, 0.6) is 0 Å². The maximum atomic E-state index is 12.8. The lowest BCUT2D eigenvalue weighted by molar-refractivity contribution is -0.136. The highest BCUT2D eigenvalue weighted by Gasteiger charge is 2.33. The number of hydrogen-bond acceptors (Lipinski definition) is 3. The molecule has 7 heteroatoms. The van der Waals surface area contributed by atoms with Crippen molar-refractivity contribution in [3.63, 3.8) is 0 Å². The van der Waals surface area contributed by atoms with E-state index in [4.69, 9.17) is 11.6 Å². The average molecular weight is 373 g/mol. The number of piperidine rings is 1. The summed E-state index contributed by atoms with van der Waals surface area (Å²) in [7, 11) is -3.53. The van der Waals surface area contributed by atoms with Crippen LogP contribution in [0.25, 0.3) is 0 Å². The molecule has 0 radical (unpaired) electrons. The van der Waals surface area contributed by atoms with E-state index < -0.39 is 10.0 Å². The molecule has 1 saturated heterocycles. The van der Waals surface area contributed by atoms with Gasteiger partial charge in [-0.15, -0.1) is 0 Å². The Hall–Kier alpha value is -1.11. The Bertz CT molecular complexity index is 694. The van der Waals surface area contributed by atoms with Crippen LogP contribution in [-0.4, -0.2) is 49.7 Å². The SMILES string of the molecule is CCN(CC)C(=O)C1CCN(S(=O)(=O)c2ccc(Cl)c(C)c2)CC1. The van der Waals surface area contributed by atoms with Crippen molar-refractivity contribution in [2.75, 3.05) is 26.2 Å². The van der Waals surface area contributed by atoms with Gasteiger partial charge in [-0.2, -0.15) is 4.31 Å². The fourth-order valence-corrected chi connectivity index (χ4v) is 4.74. The summed E-state index contributed by atoms with van der Waals surface area (Å²) in [5, 5.41) is 0.553. The van der Waals surface area contributed by atoms with E-state index in [1.807, 2.05) is 18.7 Å². The van der Waals surface area contributed by atoms with Crippen LogP contribution in [0.15, 0.2) is 23.1 Å². The minimum atomic E-state index is -3.53. The average Bonchev–Trinajstić information content (AvgIpc) is 2.58. The summed E-state index contributed by atoms with van der Waals surface area (Å²) in [5.41, 5.74) is 0.740. The zero-order valence-corrected chi connectivity index (χ0v) is 16.0. The molecule has 5 nitrogen and oxygen atoms in total. The second kappa shape index (κ2) is 7.85. The normalized spacial score (nSPS) is 17.0. The summed E-state index contributed by atoms with van der Waals surface area (Å²) in [5.74, 6) is 0.0580. The summed E-state index contributed by atoms with van der Waals surface area (Å²) in [6.07, 6.45) is 1.14. The Labute approximate surface area is 149 Å². The molecule has 2 rings (SSSR count). The van der Waals surface area contributed by atoms with E-state index in [1.165, 1.54) is 10.4 Å². The molecular formula is C17H25ClN2O3S. The van der Waals surface area contributed by atoms with Gasteiger partial charge in [0, 0.05) is 37.1 Å².